The van der Waals surface area contributed by atoms with Crippen LogP contribution in [0, 0.1) is 24.6 Å². The zero-order valence-corrected chi connectivity index (χ0v) is 16.2. The number of rotatable bonds is 6. The predicted octanol–water partition coefficient (Wildman–Crippen LogP) is 3.98. The molecule has 2 aromatic heterocycles. The van der Waals surface area contributed by atoms with Gasteiger partial charge >= 0.3 is 0 Å². The number of benzene rings is 1. The monoisotopic (exact) mass is 391 g/mol. The Kier molecular flexibility index (Phi) is 5.55. The van der Waals surface area contributed by atoms with Crippen LogP contribution in [-0.4, -0.2) is 25.8 Å². The van der Waals surface area contributed by atoms with E-state index in [9.17, 15) is 9.18 Å². The number of hydrogen-bond acceptors (Lipinski definition) is 5. The zero-order valence-electron chi connectivity index (χ0n) is 16.2. The van der Waals surface area contributed by atoms with Crippen LogP contribution in [0.2, 0.25) is 0 Å². The first-order valence-corrected chi connectivity index (χ1v) is 9.75. The molecule has 1 unspecified atom stereocenters. The van der Waals surface area contributed by atoms with E-state index in [0.29, 0.717) is 29.7 Å². The van der Waals surface area contributed by atoms with Gasteiger partial charge < -0.3 is 5.32 Å². The number of halogens is 1. The van der Waals surface area contributed by atoms with Crippen LogP contribution < -0.4 is 5.32 Å². The molecule has 148 valence electrons. The van der Waals surface area contributed by atoms with Crippen molar-refractivity contribution in [1.82, 2.24) is 19.9 Å². The Bertz CT molecular complexity index is 990. The number of aromatic nitrogens is 4. The van der Waals surface area contributed by atoms with Crippen LogP contribution in [-0.2, 0) is 11.2 Å². The van der Waals surface area contributed by atoms with Gasteiger partial charge in [0.1, 0.15) is 5.82 Å². The fourth-order valence-corrected chi connectivity index (χ4v) is 3.57. The van der Waals surface area contributed by atoms with Gasteiger partial charge in [-0.15, -0.1) is 0 Å². The fourth-order valence-electron chi connectivity index (χ4n) is 3.57. The highest BCUT2D eigenvalue weighted by molar-refractivity contribution is 5.93. The summed E-state index contributed by atoms with van der Waals surface area (Å²) in [5.74, 6) is 0.776. The van der Waals surface area contributed by atoms with Gasteiger partial charge in [0.15, 0.2) is 11.6 Å². The molecule has 1 fully saturated rings. The van der Waals surface area contributed by atoms with Crippen molar-refractivity contribution in [3.8, 4) is 11.4 Å². The minimum absolute atomic E-state index is 0.0306. The van der Waals surface area contributed by atoms with Crippen molar-refractivity contribution in [2.24, 2.45) is 11.8 Å². The molecule has 0 saturated heterocycles. The van der Waals surface area contributed by atoms with Crippen molar-refractivity contribution < 1.29 is 9.18 Å². The number of nitrogens with one attached hydrogen (secondary N) is 1. The summed E-state index contributed by atoms with van der Waals surface area (Å²) in [7, 11) is 0. The van der Waals surface area contributed by atoms with Crippen LogP contribution in [0.1, 0.15) is 30.7 Å². The molecule has 1 amide bonds. The highest BCUT2D eigenvalue weighted by Gasteiger charge is 2.33. The fraction of sp³-hybridized carbons (Fsp3) is 0.318. The normalized spacial score (nSPS) is 14.8. The molecule has 0 aliphatic heterocycles. The number of anilines is 1. The Morgan fingerprint density at radius 3 is 2.55 bits per heavy atom. The van der Waals surface area contributed by atoms with E-state index < -0.39 is 5.82 Å². The maximum absolute atomic E-state index is 13.1. The van der Waals surface area contributed by atoms with E-state index in [1.54, 1.807) is 18.5 Å². The minimum atomic E-state index is -0.484. The largest absolute Gasteiger partial charge is 0.326 e. The average Bonchev–Trinajstić information content (AvgIpc) is 2.69. The maximum atomic E-state index is 13.1. The Labute approximate surface area is 168 Å². The standard InChI is InChI=1S/C22H22FN5O/c1-14-6-7-17(10-18(14)21-26-12-16(23)13-27-21)28-22(29)19(15-4-2-5-15)11-20-24-8-3-9-25-20/h3,6-10,12-13,15,19H,2,4-5,11H2,1H3,(H,28,29). The van der Waals surface area contributed by atoms with E-state index >= 15 is 0 Å². The van der Waals surface area contributed by atoms with Crippen LogP contribution in [0.3, 0.4) is 0 Å². The van der Waals surface area contributed by atoms with E-state index in [2.05, 4.69) is 25.3 Å². The van der Waals surface area contributed by atoms with Gasteiger partial charge in [-0.3, -0.25) is 4.79 Å². The molecule has 0 bridgehead atoms. The third-order valence-electron chi connectivity index (χ3n) is 5.44. The van der Waals surface area contributed by atoms with Gasteiger partial charge in [0.2, 0.25) is 5.91 Å². The van der Waals surface area contributed by atoms with E-state index in [-0.39, 0.29) is 11.8 Å². The van der Waals surface area contributed by atoms with Crippen molar-refractivity contribution in [2.75, 3.05) is 5.32 Å². The van der Waals surface area contributed by atoms with Crippen LogP contribution >= 0.6 is 0 Å². The van der Waals surface area contributed by atoms with Gasteiger partial charge in [0, 0.05) is 36.0 Å². The van der Waals surface area contributed by atoms with E-state index in [0.717, 1.165) is 42.8 Å². The van der Waals surface area contributed by atoms with Gasteiger partial charge in [-0.25, -0.2) is 24.3 Å². The molecule has 29 heavy (non-hydrogen) atoms. The summed E-state index contributed by atoms with van der Waals surface area (Å²) in [5, 5.41) is 3.04. The molecule has 1 aliphatic carbocycles. The number of nitrogens with zero attached hydrogens (tertiary/aromatic N) is 4. The number of amides is 1. The first kappa shape index (κ1) is 19.1. The second-order valence-electron chi connectivity index (χ2n) is 7.41. The molecule has 1 aromatic carbocycles. The van der Waals surface area contributed by atoms with Gasteiger partial charge in [0.25, 0.3) is 0 Å². The van der Waals surface area contributed by atoms with Crippen molar-refractivity contribution in [2.45, 2.75) is 32.6 Å². The third-order valence-corrected chi connectivity index (χ3v) is 5.44. The summed E-state index contributed by atoms with van der Waals surface area (Å²) in [6.45, 7) is 1.93. The van der Waals surface area contributed by atoms with E-state index in [1.165, 1.54) is 0 Å². The molecule has 1 N–H and O–H groups in total. The second kappa shape index (κ2) is 8.43. The minimum Gasteiger partial charge on any atom is -0.326 e. The Morgan fingerprint density at radius 1 is 1.17 bits per heavy atom. The SMILES string of the molecule is Cc1ccc(NC(=O)C(Cc2ncccn2)C2CCC2)cc1-c1ncc(F)cn1. The van der Waals surface area contributed by atoms with Gasteiger partial charge in [-0.2, -0.15) is 0 Å². The molecule has 1 saturated carbocycles. The zero-order chi connectivity index (χ0) is 20.2. The number of aryl methyl sites for hydroxylation is 1. The number of carbonyl (C=O) groups is 1. The van der Waals surface area contributed by atoms with E-state index in [1.807, 2.05) is 25.1 Å². The first-order valence-electron chi connectivity index (χ1n) is 9.75. The molecule has 2 heterocycles. The smallest absolute Gasteiger partial charge is 0.228 e. The molecular weight excluding hydrogens is 369 g/mol. The molecule has 1 atom stereocenters. The average molecular weight is 391 g/mol. The summed E-state index contributed by atoms with van der Waals surface area (Å²) in [5.41, 5.74) is 2.37. The summed E-state index contributed by atoms with van der Waals surface area (Å²) in [4.78, 5) is 29.8. The molecule has 4 rings (SSSR count). The Hall–Kier alpha value is -3.22. The molecule has 6 nitrogen and oxygen atoms in total. The van der Waals surface area contributed by atoms with Crippen molar-refractivity contribution in [3.05, 3.63) is 66.3 Å². The summed E-state index contributed by atoms with van der Waals surface area (Å²) >= 11 is 0. The molecule has 0 spiro atoms. The predicted molar refractivity (Wildman–Crippen MR) is 107 cm³/mol. The van der Waals surface area contributed by atoms with Crippen LogP contribution in [0.4, 0.5) is 10.1 Å². The first-order chi connectivity index (χ1) is 14.1. The molecule has 1 aliphatic rings. The van der Waals surface area contributed by atoms with Crippen molar-refractivity contribution in [3.63, 3.8) is 0 Å². The van der Waals surface area contributed by atoms with Crippen LogP contribution in [0.25, 0.3) is 11.4 Å². The second-order valence-corrected chi connectivity index (χ2v) is 7.41. The molecular formula is C22H22FN5O. The number of carbonyl (C=O) groups excluding carboxylic acids is 1. The lowest BCUT2D eigenvalue weighted by atomic mass is 9.74. The lowest BCUT2D eigenvalue weighted by Gasteiger charge is -2.32. The van der Waals surface area contributed by atoms with Crippen molar-refractivity contribution >= 4 is 11.6 Å². The van der Waals surface area contributed by atoms with E-state index in [4.69, 9.17) is 0 Å². The topological polar surface area (TPSA) is 80.7 Å². The lowest BCUT2D eigenvalue weighted by molar-refractivity contribution is -0.122. The molecule has 3 aromatic rings. The molecule has 7 heteroatoms. The highest BCUT2D eigenvalue weighted by Crippen LogP contribution is 2.36. The maximum Gasteiger partial charge on any atom is 0.228 e. The van der Waals surface area contributed by atoms with Gasteiger partial charge in [-0.05, 0) is 49.4 Å². The Morgan fingerprint density at radius 2 is 1.90 bits per heavy atom. The highest BCUT2D eigenvalue weighted by atomic mass is 19.1. The van der Waals surface area contributed by atoms with Crippen molar-refractivity contribution in [1.29, 1.82) is 0 Å². The quantitative estimate of drug-likeness (QED) is 0.687. The van der Waals surface area contributed by atoms with Crippen LogP contribution in [0.15, 0.2) is 49.1 Å². The Balaban J connectivity index is 1.54. The number of hydrogen-bond donors (Lipinski definition) is 1. The summed E-state index contributed by atoms with van der Waals surface area (Å²) in [6, 6.07) is 7.36. The molecule has 0 radical (unpaired) electrons. The van der Waals surface area contributed by atoms with Crippen LogP contribution in [0.5, 0.6) is 0 Å². The van der Waals surface area contributed by atoms with Gasteiger partial charge in [0.05, 0.1) is 12.4 Å². The summed E-state index contributed by atoms with van der Waals surface area (Å²) in [6.07, 6.45) is 9.46. The third kappa shape index (κ3) is 4.45. The lowest BCUT2D eigenvalue weighted by Crippen LogP contribution is -2.35. The summed E-state index contributed by atoms with van der Waals surface area (Å²) < 4.78 is 13.1. The van der Waals surface area contributed by atoms with Gasteiger partial charge in [-0.1, -0.05) is 12.5 Å².